The topological polar surface area (TPSA) is 28.2 Å². The van der Waals surface area contributed by atoms with E-state index in [0.29, 0.717) is 0 Å². The van der Waals surface area contributed by atoms with Crippen molar-refractivity contribution in [3.8, 4) is 0 Å². The molecule has 0 bridgehead atoms. The molecule has 1 fully saturated rings. The number of thioether (sulfide) groups is 1. The van der Waals surface area contributed by atoms with E-state index in [-0.39, 0.29) is 0 Å². The summed E-state index contributed by atoms with van der Waals surface area (Å²) in [6.07, 6.45) is 3.29. The van der Waals surface area contributed by atoms with Crippen molar-refractivity contribution in [3.63, 3.8) is 0 Å². The van der Waals surface area contributed by atoms with Crippen LogP contribution in [-0.2, 0) is 6.54 Å². The Kier molecular flexibility index (Phi) is 5.32. The van der Waals surface area contributed by atoms with Crippen molar-refractivity contribution < 1.29 is 0 Å². The van der Waals surface area contributed by atoms with Crippen LogP contribution >= 0.6 is 11.8 Å². The predicted octanol–water partition coefficient (Wildman–Crippen LogP) is 2.44. The number of hydrogen-bond acceptors (Lipinski definition) is 4. The molecule has 0 aliphatic carbocycles. The highest BCUT2D eigenvalue weighted by molar-refractivity contribution is 7.99. The molecule has 1 aliphatic rings. The van der Waals surface area contributed by atoms with Crippen LogP contribution in [0.15, 0.2) is 12.3 Å². The first-order chi connectivity index (χ1) is 8.81. The summed E-state index contributed by atoms with van der Waals surface area (Å²) in [6, 6.07) is 2.27. The van der Waals surface area contributed by atoms with Gasteiger partial charge >= 0.3 is 0 Å². The molecule has 18 heavy (non-hydrogen) atoms. The van der Waals surface area contributed by atoms with Crippen LogP contribution in [0.5, 0.6) is 0 Å². The van der Waals surface area contributed by atoms with Gasteiger partial charge in [0.15, 0.2) is 0 Å². The molecule has 1 aromatic heterocycles. The van der Waals surface area contributed by atoms with Crippen molar-refractivity contribution in [1.82, 2.24) is 10.3 Å². The Morgan fingerprint density at radius 2 is 2.28 bits per heavy atom. The highest BCUT2D eigenvalue weighted by atomic mass is 32.2. The van der Waals surface area contributed by atoms with E-state index in [1.54, 1.807) is 0 Å². The molecule has 0 saturated carbocycles. The van der Waals surface area contributed by atoms with E-state index < -0.39 is 0 Å². The van der Waals surface area contributed by atoms with Crippen molar-refractivity contribution >= 4 is 17.6 Å². The number of anilines is 1. The number of aromatic nitrogens is 1. The Labute approximate surface area is 114 Å². The van der Waals surface area contributed by atoms with Crippen molar-refractivity contribution in [1.29, 1.82) is 0 Å². The van der Waals surface area contributed by atoms with Gasteiger partial charge in [0.2, 0.25) is 0 Å². The van der Waals surface area contributed by atoms with E-state index in [1.807, 2.05) is 6.20 Å². The van der Waals surface area contributed by atoms with E-state index in [2.05, 4.69) is 46.9 Å². The number of nitrogens with one attached hydrogen (secondary N) is 1. The minimum Gasteiger partial charge on any atom is -0.356 e. The Bertz CT molecular complexity index is 373. The number of rotatable bonds is 4. The van der Waals surface area contributed by atoms with Gasteiger partial charge in [0.1, 0.15) is 5.82 Å². The first-order valence-corrected chi connectivity index (χ1v) is 7.95. The van der Waals surface area contributed by atoms with Crippen LogP contribution in [0.1, 0.15) is 24.5 Å². The zero-order valence-corrected chi connectivity index (χ0v) is 12.2. The molecule has 0 radical (unpaired) electrons. The average Bonchev–Trinajstić information content (AvgIpc) is 2.65. The van der Waals surface area contributed by atoms with Gasteiger partial charge in [-0.1, -0.05) is 6.92 Å². The molecular weight excluding hydrogens is 242 g/mol. The van der Waals surface area contributed by atoms with Gasteiger partial charge < -0.3 is 10.2 Å². The zero-order chi connectivity index (χ0) is 12.8. The lowest BCUT2D eigenvalue weighted by Gasteiger charge is -2.23. The number of hydrogen-bond donors (Lipinski definition) is 1. The quantitative estimate of drug-likeness (QED) is 0.905. The van der Waals surface area contributed by atoms with Crippen LogP contribution in [0.25, 0.3) is 0 Å². The third kappa shape index (κ3) is 3.62. The molecule has 2 heterocycles. The Morgan fingerprint density at radius 3 is 3.06 bits per heavy atom. The Balaban J connectivity index is 2.08. The third-order valence-corrected chi connectivity index (χ3v) is 4.26. The minimum absolute atomic E-state index is 0.917. The molecule has 1 N–H and O–H groups in total. The highest BCUT2D eigenvalue weighted by Crippen LogP contribution is 2.21. The fourth-order valence-corrected chi connectivity index (χ4v) is 3.17. The van der Waals surface area contributed by atoms with Crippen LogP contribution < -0.4 is 10.2 Å². The summed E-state index contributed by atoms with van der Waals surface area (Å²) in [5, 5.41) is 3.34. The smallest absolute Gasteiger partial charge is 0.131 e. The van der Waals surface area contributed by atoms with E-state index in [4.69, 9.17) is 0 Å². The standard InChI is InChI=1S/C14H23N3S/c1-3-15-10-13-9-12(2)14(16-11-13)17-5-4-7-18-8-6-17/h9,11,15H,3-8,10H2,1-2H3. The van der Waals surface area contributed by atoms with Crippen molar-refractivity contribution in [2.45, 2.75) is 26.8 Å². The molecule has 0 spiro atoms. The van der Waals surface area contributed by atoms with Crippen LogP contribution in [0.4, 0.5) is 5.82 Å². The van der Waals surface area contributed by atoms with E-state index >= 15 is 0 Å². The lowest BCUT2D eigenvalue weighted by atomic mass is 10.2. The van der Waals surface area contributed by atoms with Gasteiger partial charge in [-0.3, -0.25) is 0 Å². The summed E-state index contributed by atoms with van der Waals surface area (Å²) in [5.41, 5.74) is 2.58. The lowest BCUT2D eigenvalue weighted by Crippen LogP contribution is -2.27. The molecule has 1 saturated heterocycles. The van der Waals surface area contributed by atoms with Crippen LogP contribution in [0.3, 0.4) is 0 Å². The van der Waals surface area contributed by atoms with Gasteiger partial charge in [0, 0.05) is 31.6 Å². The summed E-state index contributed by atoms with van der Waals surface area (Å²) >= 11 is 2.05. The second-order valence-electron chi connectivity index (χ2n) is 4.72. The molecule has 1 aliphatic heterocycles. The normalized spacial score (nSPS) is 16.7. The van der Waals surface area contributed by atoms with E-state index in [0.717, 1.165) is 26.2 Å². The highest BCUT2D eigenvalue weighted by Gasteiger charge is 2.13. The lowest BCUT2D eigenvalue weighted by molar-refractivity contribution is 0.722. The predicted molar refractivity (Wildman–Crippen MR) is 80.5 cm³/mol. The van der Waals surface area contributed by atoms with Crippen LogP contribution in [0, 0.1) is 6.92 Å². The molecule has 2 rings (SSSR count). The SMILES string of the molecule is CCNCc1cnc(N2CCCSCC2)c(C)c1. The summed E-state index contributed by atoms with van der Waals surface area (Å²) in [5.74, 6) is 3.69. The average molecular weight is 265 g/mol. The monoisotopic (exact) mass is 265 g/mol. The van der Waals surface area contributed by atoms with Crippen molar-refractivity contribution in [2.24, 2.45) is 0 Å². The maximum Gasteiger partial charge on any atom is 0.131 e. The maximum atomic E-state index is 4.67. The van der Waals surface area contributed by atoms with Crippen molar-refractivity contribution in [2.75, 3.05) is 36.0 Å². The molecule has 1 aromatic rings. The Morgan fingerprint density at radius 1 is 1.39 bits per heavy atom. The third-order valence-electron chi connectivity index (χ3n) is 3.21. The van der Waals surface area contributed by atoms with Crippen LogP contribution in [0.2, 0.25) is 0 Å². The molecule has 4 heteroatoms. The van der Waals surface area contributed by atoms with Gasteiger partial charge in [-0.2, -0.15) is 11.8 Å². The van der Waals surface area contributed by atoms with E-state index in [1.165, 1.54) is 34.9 Å². The molecule has 0 atom stereocenters. The molecular formula is C14H23N3S. The summed E-state index contributed by atoms with van der Waals surface area (Å²) < 4.78 is 0. The second-order valence-corrected chi connectivity index (χ2v) is 5.94. The van der Waals surface area contributed by atoms with Crippen molar-refractivity contribution in [3.05, 3.63) is 23.4 Å². The Hall–Kier alpha value is -0.740. The number of aryl methyl sites for hydroxylation is 1. The molecule has 100 valence electrons. The summed E-state index contributed by atoms with van der Waals surface area (Å²) in [6.45, 7) is 8.50. The first kappa shape index (κ1) is 13.7. The molecule has 3 nitrogen and oxygen atoms in total. The first-order valence-electron chi connectivity index (χ1n) is 6.80. The van der Waals surface area contributed by atoms with Gasteiger partial charge in [-0.15, -0.1) is 0 Å². The van der Waals surface area contributed by atoms with Gasteiger partial charge in [0.05, 0.1) is 0 Å². The van der Waals surface area contributed by atoms with Crippen LogP contribution in [-0.4, -0.2) is 36.1 Å². The fourth-order valence-electron chi connectivity index (χ4n) is 2.28. The largest absolute Gasteiger partial charge is 0.356 e. The van der Waals surface area contributed by atoms with E-state index in [9.17, 15) is 0 Å². The van der Waals surface area contributed by atoms with Gasteiger partial charge in [0.25, 0.3) is 0 Å². The number of nitrogens with zero attached hydrogens (tertiary/aromatic N) is 2. The fraction of sp³-hybridized carbons (Fsp3) is 0.643. The van der Waals surface area contributed by atoms with Gasteiger partial charge in [-0.05, 0) is 42.8 Å². The molecule has 0 unspecified atom stereocenters. The summed E-state index contributed by atoms with van der Waals surface area (Å²) in [7, 11) is 0. The number of pyridine rings is 1. The summed E-state index contributed by atoms with van der Waals surface area (Å²) in [4.78, 5) is 7.11. The molecule has 0 amide bonds. The second kappa shape index (κ2) is 7.00. The maximum absolute atomic E-state index is 4.67. The van der Waals surface area contributed by atoms with Gasteiger partial charge in [-0.25, -0.2) is 4.98 Å². The zero-order valence-electron chi connectivity index (χ0n) is 11.4. The molecule has 0 aromatic carbocycles. The minimum atomic E-state index is 0.917.